The number of aliphatic hydroxyl groups is 2. The zero-order valence-electron chi connectivity index (χ0n) is 20.2. The first-order chi connectivity index (χ1) is 16.7. The molecule has 0 saturated carbocycles. The Morgan fingerprint density at radius 2 is 1.86 bits per heavy atom. The largest absolute Gasteiger partial charge is 0.391 e. The third-order valence-corrected chi connectivity index (χ3v) is 6.99. The number of piperidine rings is 1. The van der Waals surface area contributed by atoms with Crippen molar-refractivity contribution in [2.24, 2.45) is 5.92 Å². The first kappa shape index (κ1) is 25.2. The topological polar surface area (TPSA) is 95.1 Å². The van der Waals surface area contributed by atoms with Crippen LogP contribution in [0.3, 0.4) is 0 Å². The standard InChI is InChI=1S/C27H32FN3O4/c1-17-23(27(35)31-12-3-4-21(26(31)29-17)16-24(33)18(2)32)11-15-30-13-9-20(10-14-30)25(34)19-5-7-22(28)8-6-19/h3-8,12,18,20,24,32-33H,9-11,13-16H2,1-2H3/t18-,24-/m1/s1. The van der Waals surface area contributed by atoms with Crippen LogP contribution in [-0.4, -0.2) is 62.1 Å². The van der Waals surface area contributed by atoms with Gasteiger partial charge in [-0.15, -0.1) is 0 Å². The number of fused-ring (bicyclic) bond motifs is 1. The summed E-state index contributed by atoms with van der Waals surface area (Å²) in [5.41, 5.74) is 2.95. The number of likely N-dealkylation sites (tertiary alicyclic amines) is 1. The number of carbonyl (C=O) groups is 1. The van der Waals surface area contributed by atoms with E-state index in [1.54, 1.807) is 24.4 Å². The first-order valence-electron chi connectivity index (χ1n) is 12.1. The third-order valence-electron chi connectivity index (χ3n) is 6.99. The Morgan fingerprint density at radius 1 is 1.17 bits per heavy atom. The molecular formula is C27H32FN3O4. The second-order valence-corrected chi connectivity index (χ2v) is 9.46. The highest BCUT2D eigenvalue weighted by atomic mass is 19.1. The van der Waals surface area contributed by atoms with Crippen molar-refractivity contribution in [3.8, 4) is 0 Å². The van der Waals surface area contributed by atoms with Crippen LogP contribution in [-0.2, 0) is 12.8 Å². The number of hydrogen-bond donors (Lipinski definition) is 2. The van der Waals surface area contributed by atoms with Gasteiger partial charge in [-0.3, -0.25) is 14.0 Å². The Morgan fingerprint density at radius 3 is 2.51 bits per heavy atom. The van der Waals surface area contributed by atoms with E-state index in [0.717, 1.165) is 25.9 Å². The van der Waals surface area contributed by atoms with Gasteiger partial charge >= 0.3 is 0 Å². The molecule has 1 fully saturated rings. The number of rotatable bonds is 8. The molecule has 0 bridgehead atoms. The zero-order valence-corrected chi connectivity index (χ0v) is 20.2. The van der Waals surface area contributed by atoms with E-state index in [2.05, 4.69) is 9.88 Å². The van der Waals surface area contributed by atoms with E-state index in [0.29, 0.717) is 41.0 Å². The molecule has 1 aromatic carbocycles. The van der Waals surface area contributed by atoms with E-state index >= 15 is 0 Å². The lowest BCUT2D eigenvalue weighted by Crippen LogP contribution is -2.38. The third kappa shape index (κ3) is 5.66. The van der Waals surface area contributed by atoms with Gasteiger partial charge in [0.15, 0.2) is 5.78 Å². The molecule has 35 heavy (non-hydrogen) atoms. The fraction of sp³-hybridized carbons (Fsp3) is 0.444. The van der Waals surface area contributed by atoms with Crippen molar-refractivity contribution in [3.05, 3.63) is 81.2 Å². The maximum Gasteiger partial charge on any atom is 0.261 e. The van der Waals surface area contributed by atoms with Gasteiger partial charge in [-0.25, -0.2) is 9.37 Å². The van der Waals surface area contributed by atoms with Crippen LogP contribution in [0.25, 0.3) is 5.65 Å². The Kier molecular flexibility index (Phi) is 7.74. The van der Waals surface area contributed by atoms with Gasteiger partial charge in [0.05, 0.1) is 12.2 Å². The van der Waals surface area contributed by atoms with Gasteiger partial charge in [-0.2, -0.15) is 0 Å². The van der Waals surface area contributed by atoms with E-state index in [1.165, 1.54) is 23.5 Å². The van der Waals surface area contributed by atoms with Crippen LogP contribution in [0.1, 0.15) is 46.9 Å². The smallest absolute Gasteiger partial charge is 0.261 e. The van der Waals surface area contributed by atoms with Crippen LogP contribution in [0, 0.1) is 18.7 Å². The molecule has 0 aliphatic carbocycles. The van der Waals surface area contributed by atoms with E-state index in [4.69, 9.17) is 0 Å². The molecule has 186 valence electrons. The molecule has 7 nitrogen and oxygen atoms in total. The number of benzene rings is 1. The number of ketones is 1. The summed E-state index contributed by atoms with van der Waals surface area (Å²) in [5, 5.41) is 19.7. The minimum atomic E-state index is -0.934. The van der Waals surface area contributed by atoms with E-state index in [-0.39, 0.29) is 29.5 Å². The molecule has 1 aliphatic heterocycles. The van der Waals surface area contributed by atoms with Gasteiger partial charge in [0.1, 0.15) is 11.5 Å². The molecule has 3 heterocycles. The summed E-state index contributed by atoms with van der Waals surface area (Å²) in [4.78, 5) is 32.9. The van der Waals surface area contributed by atoms with Crippen molar-refractivity contribution in [3.63, 3.8) is 0 Å². The van der Waals surface area contributed by atoms with Gasteiger partial charge in [-0.1, -0.05) is 6.07 Å². The van der Waals surface area contributed by atoms with E-state index < -0.39 is 12.2 Å². The number of halogens is 1. The maximum absolute atomic E-state index is 13.2. The lowest BCUT2D eigenvalue weighted by molar-refractivity contribution is 0.0321. The number of aryl methyl sites for hydroxylation is 1. The highest BCUT2D eigenvalue weighted by molar-refractivity contribution is 5.97. The van der Waals surface area contributed by atoms with Crippen LogP contribution >= 0.6 is 0 Å². The maximum atomic E-state index is 13.2. The minimum Gasteiger partial charge on any atom is -0.391 e. The number of pyridine rings is 1. The molecule has 2 aromatic heterocycles. The summed E-state index contributed by atoms with van der Waals surface area (Å²) in [5.74, 6) is -0.352. The van der Waals surface area contributed by atoms with Crippen molar-refractivity contribution < 1.29 is 19.4 Å². The van der Waals surface area contributed by atoms with Gasteiger partial charge < -0.3 is 15.1 Å². The molecule has 8 heteroatoms. The molecule has 2 N–H and O–H groups in total. The van der Waals surface area contributed by atoms with Crippen LogP contribution in [0.4, 0.5) is 4.39 Å². The number of aromatic nitrogens is 2. The van der Waals surface area contributed by atoms with Gasteiger partial charge in [0.2, 0.25) is 0 Å². The quantitative estimate of drug-likeness (QED) is 0.480. The van der Waals surface area contributed by atoms with Crippen LogP contribution in [0.2, 0.25) is 0 Å². The molecule has 0 amide bonds. The Hall–Kier alpha value is -2.94. The lowest BCUT2D eigenvalue weighted by Gasteiger charge is -2.31. The zero-order chi connectivity index (χ0) is 25.1. The summed E-state index contributed by atoms with van der Waals surface area (Å²) in [6.07, 6.45) is 2.10. The summed E-state index contributed by atoms with van der Waals surface area (Å²) in [7, 11) is 0. The predicted octanol–water partition coefficient (Wildman–Crippen LogP) is 2.56. The molecule has 1 saturated heterocycles. The second kappa shape index (κ2) is 10.8. The number of aliphatic hydroxyl groups excluding tert-OH is 2. The number of Topliss-reactive ketones (excluding diaryl/α,β-unsaturated/α-hetero) is 1. The second-order valence-electron chi connectivity index (χ2n) is 9.46. The number of nitrogens with zero attached hydrogens (tertiary/aromatic N) is 3. The fourth-order valence-corrected chi connectivity index (χ4v) is 4.74. The summed E-state index contributed by atoms with van der Waals surface area (Å²) >= 11 is 0. The molecule has 1 aliphatic rings. The summed E-state index contributed by atoms with van der Waals surface area (Å²) in [6.45, 7) is 5.58. The lowest BCUT2D eigenvalue weighted by atomic mass is 9.89. The molecular weight excluding hydrogens is 449 g/mol. The highest BCUT2D eigenvalue weighted by Crippen LogP contribution is 2.22. The van der Waals surface area contributed by atoms with Crippen molar-refractivity contribution in [1.82, 2.24) is 14.3 Å². The summed E-state index contributed by atoms with van der Waals surface area (Å²) in [6, 6.07) is 9.29. The Bertz CT molecular complexity index is 1250. The molecule has 0 unspecified atom stereocenters. The van der Waals surface area contributed by atoms with Gasteiger partial charge in [0.25, 0.3) is 5.56 Å². The van der Waals surface area contributed by atoms with Crippen molar-refractivity contribution >= 4 is 11.4 Å². The molecule has 3 aromatic rings. The number of hydrogen-bond acceptors (Lipinski definition) is 6. The van der Waals surface area contributed by atoms with E-state index in [1.807, 2.05) is 13.0 Å². The van der Waals surface area contributed by atoms with E-state index in [9.17, 15) is 24.2 Å². The molecule has 2 atom stereocenters. The van der Waals surface area contributed by atoms with Gasteiger partial charge in [0, 0.05) is 41.9 Å². The predicted molar refractivity (Wildman–Crippen MR) is 131 cm³/mol. The van der Waals surface area contributed by atoms with Crippen LogP contribution in [0.5, 0.6) is 0 Å². The first-order valence-corrected chi connectivity index (χ1v) is 12.1. The average Bonchev–Trinajstić information content (AvgIpc) is 2.85. The average molecular weight is 482 g/mol. The molecule has 4 rings (SSSR count). The fourth-order valence-electron chi connectivity index (χ4n) is 4.74. The molecule has 0 radical (unpaired) electrons. The van der Waals surface area contributed by atoms with Crippen molar-refractivity contribution in [1.29, 1.82) is 0 Å². The van der Waals surface area contributed by atoms with Crippen molar-refractivity contribution in [2.75, 3.05) is 19.6 Å². The van der Waals surface area contributed by atoms with Crippen LogP contribution in [0.15, 0.2) is 47.4 Å². The van der Waals surface area contributed by atoms with Crippen LogP contribution < -0.4 is 5.56 Å². The highest BCUT2D eigenvalue weighted by Gasteiger charge is 2.26. The Labute approximate surface area is 203 Å². The minimum absolute atomic E-state index is 0.0639. The monoisotopic (exact) mass is 481 g/mol. The van der Waals surface area contributed by atoms with Gasteiger partial charge in [-0.05, 0) is 82.1 Å². The SMILES string of the molecule is Cc1nc2c(C[C@@H](O)[C@@H](C)O)cccn2c(=O)c1CCN1CCC(C(=O)c2ccc(F)cc2)CC1. The number of carbonyl (C=O) groups excluding carboxylic acids is 1. The molecule has 0 spiro atoms. The summed E-state index contributed by atoms with van der Waals surface area (Å²) < 4.78 is 14.7. The normalized spacial score (nSPS) is 16.9. The van der Waals surface area contributed by atoms with Crippen molar-refractivity contribution in [2.45, 2.75) is 51.7 Å². The Balaban J connectivity index is 1.41.